The molecule has 33 heavy (non-hydrogen) atoms. The van der Waals surface area contributed by atoms with Crippen molar-refractivity contribution >= 4 is 17.5 Å². The van der Waals surface area contributed by atoms with Gasteiger partial charge in [-0.3, -0.25) is 9.59 Å². The minimum Gasteiger partial charge on any atom is -0.486 e. The second-order valence-electron chi connectivity index (χ2n) is 6.98. The van der Waals surface area contributed by atoms with E-state index >= 15 is 0 Å². The van der Waals surface area contributed by atoms with Crippen molar-refractivity contribution in [2.75, 3.05) is 11.9 Å². The summed E-state index contributed by atoms with van der Waals surface area (Å²) in [6, 6.07) is 14.6. The van der Waals surface area contributed by atoms with Gasteiger partial charge in [0.2, 0.25) is 0 Å². The SMILES string of the molecule is CCN(Cc1cccc(NC(=O)c2ccc(COc3ccc(F)cc3)o2)c1)C(=O)C(F)(F)F. The first-order valence-corrected chi connectivity index (χ1v) is 9.89. The third-order valence-corrected chi connectivity index (χ3v) is 4.55. The molecule has 2 aromatic carbocycles. The number of alkyl halides is 3. The molecule has 3 aromatic rings. The zero-order valence-corrected chi connectivity index (χ0v) is 17.5. The predicted octanol–water partition coefficient (Wildman–Crippen LogP) is 5.16. The topological polar surface area (TPSA) is 71.8 Å². The van der Waals surface area contributed by atoms with Gasteiger partial charge in [-0.05, 0) is 61.0 Å². The van der Waals surface area contributed by atoms with Crippen molar-refractivity contribution in [3.8, 4) is 5.75 Å². The average molecular weight is 464 g/mol. The smallest absolute Gasteiger partial charge is 0.471 e. The van der Waals surface area contributed by atoms with Crippen molar-refractivity contribution in [2.45, 2.75) is 26.3 Å². The van der Waals surface area contributed by atoms with Gasteiger partial charge in [-0.2, -0.15) is 13.2 Å². The van der Waals surface area contributed by atoms with Gasteiger partial charge >= 0.3 is 12.1 Å². The van der Waals surface area contributed by atoms with E-state index in [0.29, 0.717) is 27.7 Å². The first-order chi connectivity index (χ1) is 15.7. The second-order valence-corrected chi connectivity index (χ2v) is 6.98. The molecule has 0 aliphatic heterocycles. The summed E-state index contributed by atoms with van der Waals surface area (Å²) in [4.78, 5) is 24.6. The molecule has 1 heterocycles. The highest BCUT2D eigenvalue weighted by Gasteiger charge is 2.41. The Labute approximate surface area is 186 Å². The third kappa shape index (κ3) is 6.58. The minimum absolute atomic E-state index is 0.000503. The van der Waals surface area contributed by atoms with Crippen LogP contribution in [0.25, 0.3) is 0 Å². The normalized spacial score (nSPS) is 11.2. The van der Waals surface area contributed by atoms with E-state index in [1.165, 1.54) is 43.3 Å². The molecule has 10 heteroatoms. The molecule has 0 saturated heterocycles. The van der Waals surface area contributed by atoms with E-state index in [1.807, 2.05) is 0 Å². The van der Waals surface area contributed by atoms with Crippen LogP contribution in [0, 0.1) is 5.82 Å². The Morgan fingerprint density at radius 3 is 2.45 bits per heavy atom. The van der Waals surface area contributed by atoms with Crippen LogP contribution in [0.1, 0.15) is 28.8 Å². The molecule has 3 rings (SSSR count). The molecule has 0 spiro atoms. The second kappa shape index (κ2) is 10.2. The fourth-order valence-corrected chi connectivity index (χ4v) is 2.93. The van der Waals surface area contributed by atoms with Crippen molar-refractivity contribution in [3.63, 3.8) is 0 Å². The van der Waals surface area contributed by atoms with Crippen molar-refractivity contribution < 1.29 is 36.3 Å². The number of hydrogen-bond donors (Lipinski definition) is 1. The summed E-state index contributed by atoms with van der Waals surface area (Å²) in [7, 11) is 0. The number of ether oxygens (including phenoxy) is 1. The predicted molar refractivity (Wildman–Crippen MR) is 111 cm³/mol. The molecule has 0 saturated carbocycles. The first-order valence-electron chi connectivity index (χ1n) is 9.89. The number of carbonyl (C=O) groups is 2. The molecule has 1 aromatic heterocycles. The number of anilines is 1. The maximum atomic E-state index is 12.9. The molecule has 174 valence electrons. The van der Waals surface area contributed by atoms with Crippen LogP contribution in [0.15, 0.2) is 65.1 Å². The summed E-state index contributed by atoms with van der Waals surface area (Å²) < 4.78 is 62.0. The van der Waals surface area contributed by atoms with Gasteiger partial charge in [0.05, 0.1) is 0 Å². The van der Waals surface area contributed by atoms with Gasteiger partial charge in [-0.15, -0.1) is 0 Å². The van der Waals surface area contributed by atoms with Crippen LogP contribution in [-0.4, -0.2) is 29.4 Å². The number of carbonyl (C=O) groups excluding carboxylic acids is 2. The fraction of sp³-hybridized carbons (Fsp3) is 0.217. The van der Waals surface area contributed by atoms with E-state index in [1.54, 1.807) is 24.3 Å². The van der Waals surface area contributed by atoms with E-state index in [-0.39, 0.29) is 25.5 Å². The Kier molecular flexibility index (Phi) is 7.37. The molecule has 2 amide bonds. The van der Waals surface area contributed by atoms with Crippen molar-refractivity contribution in [2.24, 2.45) is 0 Å². The Morgan fingerprint density at radius 1 is 1.06 bits per heavy atom. The molecule has 0 aliphatic carbocycles. The molecular formula is C23H20F4N2O4. The summed E-state index contributed by atoms with van der Waals surface area (Å²) in [6.07, 6.45) is -4.96. The zero-order chi connectivity index (χ0) is 24.0. The highest BCUT2D eigenvalue weighted by Crippen LogP contribution is 2.21. The Morgan fingerprint density at radius 2 is 1.79 bits per heavy atom. The molecule has 0 radical (unpaired) electrons. The lowest BCUT2D eigenvalue weighted by molar-refractivity contribution is -0.185. The first kappa shape index (κ1) is 23.8. The third-order valence-electron chi connectivity index (χ3n) is 4.55. The number of furan rings is 1. The van der Waals surface area contributed by atoms with Crippen molar-refractivity contribution in [1.29, 1.82) is 0 Å². The molecule has 0 bridgehead atoms. The van der Waals surface area contributed by atoms with E-state index in [4.69, 9.17) is 9.15 Å². The standard InChI is InChI=1S/C23H20F4N2O4/c1-2-29(22(31)23(25,26)27)13-15-4-3-5-17(12-15)28-21(30)20-11-10-19(33-20)14-32-18-8-6-16(24)7-9-18/h3-12H,2,13-14H2,1H3,(H,28,30). The number of rotatable bonds is 8. The molecule has 0 fully saturated rings. The van der Waals surface area contributed by atoms with Gasteiger partial charge in [0.15, 0.2) is 5.76 Å². The van der Waals surface area contributed by atoms with Crippen LogP contribution in [0.2, 0.25) is 0 Å². The lowest BCUT2D eigenvalue weighted by Crippen LogP contribution is -2.40. The van der Waals surface area contributed by atoms with Gasteiger partial charge in [-0.1, -0.05) is 12.1 Å². The average Bonchev–Trinajstić information content (AvgIpc) is 3.25. The zero-order valence-electron chi connectivity index (χ0n) is 17.5. The van der Waals surface area contributed by atoms with Gasteiger partial charge in [0.1, 0.15) is 23.9 Å². The Bertz CT molecular complexity index is 1110. The molecule has 6 nitrogen and oxygen atoms in total. The number of hydrogen-bond acceptors (Lipinski definition) is 4. The lowest BCUT2D eigenvalue weighted by Gasteiger charge is -2.22. The number of nitrogens with one attached hydrogen (secondary N) is 1. The quantitative estimate of drug-likeness (QED) is 0.468. The van der Waals surface area contributed by atoms with E-state index in [2.05, 4.69) is 5.32 Å². The van der Waals surface area contributed by atoms with E-state index in [0.717, 1.165) is 0 Å². The fourth-order valence-electron chi connectivity index (χ4n) is 2.93. The summed E-state index contributed by atoms with van der Waals surface area (Å²) in [5, 5.41) is 2.60. The summed E-state index contributed by atoms with van der Waals surface area (Å²) in [6.45, 7) is 1.09. The Balaban J connectivity index is 1.60. The molecule has 1 N–H and O–H groups in total. The monoisotopic (exact) mass is 464 g/mol. The maximum absolute atomic E-state index is 12.9. The van der Waals surface area contributed by atoms with E-state index < -0.39 is 23.8 Å². The summed E-state index contributed by atoms with van der Waals surface area (Å²) >= 11 is 0. The number of halogens is 4. The minimum atomic E-state index is -4.96. The van der Waals surface area contributed by atoms with Crippen LogP contribution in [0.3, 0.4) is 0 Å². The Hall–Kier alpha value is -3.82. The molecule has 0 atom stereocenters. The molecular weight excluding hydrogens is 444 g/mol. The van der Waals surface area contributed by atoms with Crippen LogP contribution in [0.4, 0.5) is 23.2 Å². The van der Waals surface area contributed by atoms with Crippen molar-refractivity contribution in [3.05, 3.63) is 83.6 Å². The van der Waals surface area contributed by atoms with Crippen molar-refractivity contribution in [1.82, 2.24) is 4.90 Å². The number of nitrogens with zero attached hydrogens (tertiary/aromatic N) is 1. The van der Waals surface area contributed by atoms with Crippen LogP contribution >= 0.6 is 0 Å². The van der Waals surface area contributed by atoms with Gasteiger partial charge in [0.25, 0.3) is 5.91 Å². The van der Waals surface area contributed by atoms with Crippen LogP contribution in [-0.2, 0) is 17.9 Å². The highest BCUT2D eigenvalue weighted by atomic mass is 19.4. The lowest BCUT2D eigenvalue weighted by atomic mass is 10.2. The van der Waals surface area contributed by atoms with Crippen LogP contribution in [0.5, 0.6) is 5.75 Å². The summed E-state index contributed by atoms with van der Waals surface area (Å²) in [5.41, 5.74) is 0.744. The largest absolute Gasteiger partial charge is 0.486 e. The van der Waals surface area contributed by atoms with E-state index in [9.17, 15) is 27.2 Å². The van der Waals surface area contributed by atoms with Gasteiger partial charge < -0.3 is 19.4 Å². The summed E-state index contributed by atoms with van der Waals surface area (Å²) in [5.74, 6) is -2.09. The van der Waals surface area contributed by atoms with Crippen LogP contribution < -0.4 is 10.1 Å². The number of amides is 2. The highest BCUT2D eigenvalue weighted by molar-refractivity contribution is 6.02. The number of benzene rings is 2. The molecule has 0 unspecified atom stereocenters. The van der Waals surface area contributed by atoms with Gasteiger partial charge in [-0.25, -0.2) is 4.39 Å². The maximum Gasteiger partial charge on any atom is 0.471 e. The molecule has 0 aliphatic rings. The van der Waals surface area contributed by atoms with Gasteiger partial charge in [0, 0.05) is 18.8 Å².